The Morgan fingerprint density at radius 1 is 0.974 bits per heavy atom. The number of ether oxygens (including phenoxy) is 1. The molecule has 204 valence electrons. The molecule has 3 N–H and O–H groups in total. The van der Waals surface area contributed by atoms with Gasteiger partial charge >= 0.3 is 5.97 Å². The van der Waals surface area contributed by atoms with Crippen LogP contribution in [-0.4, -0.2) is 35.7 Å². The fourth-order valence-corrected chi connectivity index (χ4v) is 5.11. The first-order valence-electron chi connectivity index (χ1n) is 12.1. The van der Waals surface area contributed by atoms with Crippen LogP contribution in [0.3, 0.4) is 0 Å². The quantitative estimate of drug-likeness (QED) is 0.173. The van der Waals surface area contributed by atoms with Crippen LogP contribution in [0.5, 0.6) is 11.5 Å². The molecule has 0 aliphatic carbocycles. The number of carboxylic acid groups (broad SMARTS) is 1. The van der Waals surface area contributed by atoms with E-state index < -0.39 is 16.0 Å². The minimum absolute atomic E-state index is 0.0256. The predicted molar refractivity (Wildman–Crippen MR) is 153 cm³/mol. The van der Waals surface area contributed by atoms with E-state index in [0.29, 0.717) is 15.8 Å². The summed E-state index contributed by atoms with van der Waals surface area (Å²) in [6.07, 6.45) is 7.00. The molecule has 0 spiro atoms. The highest BCUT2D eigenvalue weighted by Gasteiger charge is 2.15. The first-order valence-corrected chi connectivity index (χ1v) is 14.8. The Labute approximate surface area is 237 Å². The summed E-state index contributed by atoms with van der Waals surface area (Å²) >= 11 is 12.2. The lowest BCUT2D eigenvalue weighted by Gasteiger charge is -2.11. The molecule has 4 aromatic rings. The van der Waals surface area contributed by atoms with E-state index in [-0.39, 0.29) is 17.0 Å². The number of sulfonamides is 1. The lowest BCUT2D eigenvalue weighted by molar-refractivity contribution is 0.0697. The lowest BCUT2D eigenvalue weighted by Crippen LogP contribution is -2.13. The van der Waals surface area contributed by atoms with Crippen molar-refractivity contribution >= 4 is 44.9 Å². The number of aryl methyl sites for hydroxylation is 4. The van der Waals surface area contributed by atoms with E-state index in [9.17, 15) is 18.3 Å². The molecule has 8 nitrogen and oxygen atoms in total. The number of hydrogen-bond donors (Lipinski definition) is 3. The predicted octanol–water partition coefficient (Wildman–Crippen LogP) is 6.54. The Balaban J connectivity index is 1.27. The van der Waals surface area contributed by atoms with Gasteiger partial charge in [-0.25, -0.2) is 18.2 Å². The van der Waals surface area contributed by atoms with Crippen LogP contribution in [0.4, 0.5) is 5.69 Å². The summed E-state index contributed by atoms with van der Waals surface area (Å²) in [5.41, 5.74) is 3.01. The third-order valence-corrected chi connectivity index (χ3v) is 7.09. The largest absolute Gasteiger partial charge is 0.478 e. The van der Waals surface area contributed by atoms with Gasteiger partial charge in [-0.3, -0.25) is 4.72 Å². The summed E-state index contributed by atoms with van der Waals surface area (Å²) in [5.74, 6) is 0.494. The van der Waals surface area contributed by atoms with Gasteiger partial charge in [0.25, 0.3) is 0 Å². The highest BCUT2D eigenvalue weighted by molar-refractivity contribution is 7.92. The van der Waals surface area contributed by atoms with Crippen LogP contribution in [0, 0.1) is 0 Å². The molecule has 1 heterocycles. The number of aromatic amines is 1. The zero-order valence-corrected chi connectivity index (χ0v) is 23.4. The average Bonchev–Trinajstić information content (AvgIpc) is 3.32. The molecule has 0 atom stereocenters. The van der Waals surface area contributed by atoms with Gasteiger partial charge in [-0.1, -0.05) is 41.4 Å². The number of H-pyrrole nitrogens is 1. The van der Waals surface area contributed by atoms with Gasteiger partial charge in [0.1, 0.15) is 17.3 Å². The average molecular weight is 589 g/mol. The smallest absolute Gasteiger partial charge is 0.337 e. The summed E-state index contributed by atoms with van der Waals surface area (Å²) in [7, 11) is -3.62. The summed E-state index contributed by atoms with van der Waals surface area (Å²) in [4.78, 5) is 19.4. The summed E-state index contributed by atoms with van der Waals surface area (Å²) in [6.45, 7) is 0. The van der Waals surface area contributed by atoms with E-state index in [4.69, 9.17) is 27.9 Å². The van der Waals surface area contributed by atoms with Gasteiger partial charge in [0.05, 0.1) is 17.5 Å². The minimum Gasteiger partial charge on any atom is -0.478 e. The molecule has 1 aromatic heterocycles. The molecular formula is C28H27Cl2N3O5S. The third-order valence-electron chi connectivity index (χ3n) is 5.91. The van der Waals surface area contributed by atoms with Gasteiger partial charge in [-0.05, 0) is 79.3 Å². The van der Waals surface area contributed by atoms with Crippen molar-refractivity contribution in [2.75, 3.05) is 11.0 Å². The maximum absolute atomic E-state index is 11.6. The number of nitrogens with one attached hydrogen (secondary N) is 2. The Kier molecular flexibility index (Phi) is 9.16. The van der Waals surface area contributed by atoms with Crippen LogP contribution in [0.15, 0.2) is 66.9 Å². The van der Waals surface area contributed by atoms with Crippen LogP contribution < -0.4 is 9.46 Å². The van der Waals surface area contributed by atoms with Gasteiger partial charge in [-0.15, -0.1) is 0 Å². The summed E-state index contributed by atoms with van der Waals surface area (Å²) in [6, 6.07) is 17.2. The summed E-state index contributed by atoms with van der Waals surface area (Å²) < 4.78 is 31.0. The second-order valence-electron chi connectivity index (χ2n) is 9.08. The molecule has 0 bridgehead atoms. The Morgan fingerprint density at radius 3 is 2.41 bits per heavy atom. The fourth-order valence-electron chi connectivity index (χ4n) is 4.03. The number of aromatic carboxylic acids is 1. The number of carboxylic acids is 1. The van der Waals surface area contributed by atoms with Crippen molar-refractivity contribution < 1.29 is 23.1 Å². The SMILES string of the molecule is CS(=O)(=O)Nc1ccc(Oc2ccc(CCCc3ncc(CCc4ccc(Cl)cc4Cl)[nH]3)cc2)cc1C(=O)O. The van der Waals surface area contributed by atoms with Crippen molar-refractivity contribution in [2.45, 2.75) is 32.1 Å². The van der Waals surface area contributed by atoms with Crippen molar-refractivity contribution in [3.05, 3.63) is 105 Å². The van der Waals surface area contributed by atoms with E-state index in [1.807, 2.05) is 42.6 Å². The van der Waals surface area contributed by atoms with Gasteiger partial charge < -0.3 is 14.8 Å². The van der Waals surface area contributed by atoms with Gasteiger partial charge in [0, 0.05) is 28.4 Å². The molecule has 0 fully saturated rings. The number of aromatic nitrogens is 2. The lowest BCUT2D eigenvalue weighted by atomic mass is 10.1. The molecule has 0 amide bonds. The first-order chi connectivity index (χ1) is 18.6. The number of hydrogen-bond acceptors (Lipinski definition) is 5. The van der Waals surface area contributed by atoms with Crippen molar-refractivity contribution in [2.24, 2.45) is 0 Å². The van der Waals surface area contributed by atoms with E-state index in [1.165, 1.54) is 18.2 Å². The molecule has 0 aliphatic rings. The molecule has 11 heteroatoms. The Hall–Kier alpha value is -3.53. The van der Waals surface area contributed by atoms with Crippen LogP contribution in [-0.2, 0) is 35.7 Å². The third kappa shape index (κ3) is 8.48. The maximum atomic E-state index is 11.6. The highest BCUT2D eigenvalue weighted by atomic mass is 35.5. The van der Waals surface area contributed by atoms with Crippen LogP contribution in [0.2, 0.25) is 10.0 Å². The molecule has 39 heavy (non-hydrogen) atoms. The Morgan fingerprint density at radius 2 is 1.72 bits per heavy atom. The number of rotatable bonds is 12. The monoisotopic (exact) mass is 587 g/mol. The molecule has 3 aromatic carbocycles. The number of imidazole rings is 1. The van der Waals surface area contributed by atoms with Crippen molar-refractivity contribution in [3.8, 4) is 11.5 Å². The zero-order chi connectivity index (χ0) is 28.0. The Bertz CT molecular complexity index is 1570. The van der Waals surface area contributed by atoms with E-state index >= 15 is 0 Å². The molecule has 0 saturated heterocycles. The van der Waals surface area contributed by atoms with Crippen molar-refractivity contribution in [3.63, 3.8) is 0 Å². The fraction of sp³-hybridized carbons (Fsp3) is 0.214. The number of halogens is 2. The minimum atomic E-state index is -3.62. The molecular weight excluding hydrogens is 561 g/mol. The maximum Gasteiger partial charge on any atom is 0.337 e. The molecule has 0 saturated carbocycles. The number of nitrogens with zero attached hydrogens (tertiary/aromatic N) is 1. The standard InChI is InChI=1S/C28H27Cl2N3O5S/c1-39(36,37)33-26-14-13-23(16-24(26)28(34)35)38-22-11-5-18(6-12-22)3-2-4-27-31-17-21(32-27)10-8-19-7-9-20(29)15-25(19)30/h5-7,9,11-17,33H,2-4,8,10H2,1H3,(H,31,32)(H,34,35). The molecule has 4 rings (SSSR count). The number of anilines is 1. The van der Waals surface area contributed by atoms with Crippen molar-refractivity contribution in [1.29, 1.82) is 0 Å². The van der Waals surface area contributed by atoms with E-state index in [0.717, 1.165) is 61.0 Å². The second kappa shape index (κ2) is 12.5. The number of carbonyl (C=O) groups is 1. The highest BCUT2D eigenvalue weighted by Crippen LogP contribution is 2.28. The van der Waals surface area contributed by atoms with Crippen molar-refractivity contribution in [1.82, 2.24) is 9.97 Å². The van der Waals surface area contributed by atoms with E-state index in [1.54, 1.807) is 6.07 Å². The molecule has 0 radical (unpaired) electrons. The molecule has 0 aliphatic heterocycles. The topological polar surface area (TPSA) is 121 Å². The van der Waals surface area contributed by atoms with Gasteiger partial charge in [0.2, 0.25) is 10.0 Å². The van der Waals surface area contributed by atoms with Gasteiger partial charge in [-0.2, -0.15) is 0 Å². The van der Waals surface area contributed by atoms with Crippen LogP contribution in [0.25, 0.3) is 0 Å². The second-order valence-corrected chi connectivity index (χ2v) is 11.7. The molecule has 0 unspecified atom stereocenters. The van der Waals surface area contributed by atoms with E-state index in [2.05, 4.69) is 14.7 Å². The van der Waals surface area contributed by atoms with Crippen LogP contribution >= 0.6 is 23.2 Å². The summed E-state index contributed by atoms with van der Waals surface area (Å²) in [5, 5.41) is 10.7. The zero-order valence-electron chi connectivity index (χ0n) is 21.1. The first kappa shape index (κ1) is 28.5. The normalized spacial score (nSPS) is 11.4. The van der Waals surface area contributed by atoms with Crippen LogP contribution in [0.1, 0.15) is 39.4 Å². The van der Waals surface area contributed by atoms with Gasteiger partial charge in [0.15, 0.2) is 0 Å². The number of benzene rings is 3.